The summed E-state index contributed by atoms with van der Waals surface area (Å²) in [6.45, 7) is 0.0888. The van der Waals surface area contributed by atoms with Crippen molar-refractivity contribution in [2.75, 3.05) is 13.7 Å². The summed E-state index contributed by atoms with van der Waals surface area (Å²) in [5, 5.41) is 12.1. The maximum atomic E-state index is 9.10. The molecule has 0 bridgehead atoms. The summed E-state index contributed by atoms with van der Waals surface area (Å²) >= 11 is 6.83. The van der Waals surface area contributed by atoms with E-state index in [0.29, 0.717) is 0 Å². The average Bonchev–Trinajstić information content (AvgIpc) is 2.13. The molecule has 0 aliphatic heterocycles. The molecule has 1 rings (SSSR count). The lowest BCUT2D eigenvalue weighted by molar-refractivity contribution is 0.250. The number of nitrogens with one attached hydrogen (secondary N) is 1. The van der Waals surface area contributed by atoms with Crippen LogP contribution in [-0.2, 0) is 0 Å². The van der Waals surface area contributed by atoms with Crippen LogP contribution < -0.4 is 5.32 Å². The monoisotopic (exact) mass is 307 g/mol. The van der Waals surface area contributed by atoms with E-state index < -0.39 is 0 Å². The lowest BCUT2D eigenvalue weighted by Crippen LogP contribution is -2.20. The molecule has 0 heterocycles. The van der Waals surface area contributed by atoms with Crippen LogP contribution in [0.4, 0.5) is 0 Å². The number of aliphatic hydroxyl groups is 1. The van der Waals surface area contributed by atoms with E-state index in [1.807, 2.05) is 25.2 Å². The molecule has 1 unspecified atom stereocenters. The van der Waals surface area contributed by atoms with Crippen molar-refractivity contribution in [3.05, 3.63) is 32.7 Å². The summed E-state index contributed by atoms with van der Waals surface area (Å²) in [7, 11) is 1.83. The maximum Gasteiger partial charge on any atom is 0.0626 e. The molecule has 0 aromatic heterocycles. The molecule has 0 aliphatic carbocycles. The zero-order valence-corrected chi connectivity index (χ0v) is 10.4. The van der Waals surface area contributed by atoms with Gasteiger partial charge in [-0.3, -0.25) is 0 Å². The van der Waals surface area contributed by atoms with Crippen LogP contribution in [-0.4, -0.2) is 18.8 Å². The number of hydrogen-bond donors (Lipinski definition) is 2. The van der Waals surface area contributed by atoms with E-state index in [2.05, 4.69) is 37.2 Å². The van der Waals surface area contributed by atoms with Gasteiger partial charge in [-0.25, -0.2) is 0 Å². The Bertz CT molecular complexity index is 287. The van der Waals surface area contributed by atoms with Gasteiger partial charge >= 0.3 is 0 Å². The molecule has 0 spiro atoms. The van der Waals surface area contributed by atoms with Gasteiger partial charge in [0.05, 0.1) is 12.6 Å². The van der Waals surface area contributed by atoms with Gasteiger partial charge in [0.15, 0.2) is 0 Å². The molecule has 1 atom stereocenters. The Hall–Kier alpha value is 0.1000. The van der Waals surface area contributed by atoms with Gasteiger partial charge in [-0.1, -0.05) is 31.9 Å². The Balaban J connectivity index is 3.03. The fraction of sp³-hybridized carbons (Fsp3) is 0.333. The third-order valence-corrected chi connectivity index (χ3v) is 3.08. The van der Waals surface area contributed by atoms with Crippen LogP contribution in [0.2, 0.25) is 0 Å². The number of hydrogen-bond acceptors (Lipinski definition) is 2. The number of aliphatic hydroxyl groups excluding tert-OH is 1. The molecule has 0 amide bonds. The van der Waals surface area contributed by atoms with Gasteiger partial charge < -0.3 is 10.4 Å². The van der Waals surface area contributed by atoms with Crippen LogP contribution in [0, 0.1) is 0 Å². The van der Waals surface area contributed by atoms with Crippen molar-refractivity contribution in [2.45, 2.75) is 6.04 Å². The lowest BCUT2D eigenvalue weighted by Gasteiger charge is -2.15. The van der Waals surface area contributed by atoms with Crippen molar-refractivity contribution in [2.24, 2.45) is 0 Å². The van der Waals surface area contributed by atoms with E-state index in [0.717, 1.165) is 14.5 Å². The Morgan fingerprint density at radius 2 is 2.15 bits per heavy atom. The number of benzene rings is 1. The van der Waals surface area contributed by atoms with Gasteiger partial charge in [-0.15, -0.1) is 0 Å². The first-order valence-corrected chi connectivity index (χ1v) is 5.50. The van der Waals surface area contributed by atoms with Crippen LogP contribution in [0.1, 0.15) is 11.6 Å². The average molecular weight is 309 g/mol. The van der Waals surface area contributed by atoms with Gasteiger partial charge in [-0.05, 0) is 30.8 Å². The predicted octanol–water partition coefficient (Wildman–Crippen LogP) is 2.46. The van der Waals surface area contributed by atoms with Crippen LogP contribution in [0.5, 0.6) is 0 Å². The summed E-state index contributed by atoms with van der Waals surface area (Å²) in [4.78, 5) is 0. The minimum absolute atomic E-state index is 0.0214. The minimum Gasteiger partial charge on any atom is -0.394 e. The second-order valence-electron chi connectivity index (χ2n) is 2.69. The first kappa shape index (κ1) is 11.2. The first-order valence-electron chi connectivity index (χ1n) is 3.92. The predicted molar refractivity (Wildman–Crippen MR) is 60.7 cm³/mol. The van der Waals surface area contributed by atoms with Crippen LogP contribution in [0.3, 0.4) is 0 Å². The molecule has 0 fully saturated rings. The molecular weight excluding hydrogens is 298 g/mol. The van der Waals surface area contributed by atoms with Crippen LogP contribution in [0.25, 0.3) is 0 Å². The fourth-order valence-corrected chi connectivity index (χ4v) is 2.03. The molecule has 2 N–H and O–H groups in total. The standard InChI is InChI=1S/C9H11Br2NO/c1-12-9(5-13)7-4-6(10)2-3-8(7)11/h2-4,9,12-13H,5H2,1H3. The molecule has 2 nitrogen and oxygen atoms in total. The van der Waals surface area contributed by atoms with Gasteiger partial charge in [0.2, 0.25) is 0 Å². The molecule has 4 heteroatoms. The highest BCUT2D eigenvalue weighted by molar-refractivity contribution is 9.11. The highest BCUT2D eigenvalue weighted by Crippen LogP contribution is 2.26. The normalized spacial score (nSPS) is 12.9. The highest BCUT2D eigenvalue weighted by Gasteiger charge is 2.11. The van der Waals surface area contributed by atoms with Crippen molar-refractivity contribution >= 4 is 31.9 Å². The molecule has 13 heavy (non-hydrogen) atoms. The van der Waals surface area contributed by atoms with Crippen molar-refractivity contribution in [3.63, 3.8) is 0 Å². The molecule has 72 valence electrons. The maximum absolute atomic E-state index is 9.10. The van der Waals surface area contributed by atoms with E-state index in [-0.39, 0.29) is 12.6 Å². The van der Waals surface area contributed by atoms with Gasteiger partial charge in [0, 0.05) is 8.95 Å². The molecule has 1 aromatic rings. The van der Waals surface area contributed by atoms with Crippen molar-refractivity contribution in [3.8, 4) is 0 Å². The molecule has 0 saturated carbocycles. The van der Waals surface area contributed by atoms with Crippen LogP contribution >= 0.6 is 31.9 Å². The zero-order valence-electron chi connectivity index (χ0n) is 7.22. The Labute approximate surface area is 94.6 Å². The smallest absolute Gasteiger partial charge is 0.0626 e. The quantitative estimate of drug-likeness (QED) is 0.899. The molecular formula is C9H11Br2NO. The number of rotatable bonds is 3. The van der Waals surface area contributed by atoms with Gasteiger partial charge in [-0.2, -0.15) is 0 Å². The van der Waals surface area contributed by atoms with E-state index in [4.69, 9.17) is 5.11 Å². The summed E-state index contributed by atoms with van der Waals surface area (Å²) in [5.41, 5.74) is 1.05. The van der Waals surface area contributed by atoms with E-state index in [1.54, 1.807) is 0 Å². The largest absolute Gasteiger partial charge is 0.394 e. The van der Waals surface area contributed by atoms with Gasteiger partial charge in [0.25, 0.3) is 0 Å². The Morgan fingerprint density at radius 1 is 1.46 bits per heavy atom. The fourth-order valence-electron chi connectivity index (χ4n) is 1.13. The summed E-state index contributed by atoms with van der Waals surface area (Å²) in [6, 6.07) is 5.88. The SMILES string of the molecule is CNC(CO)c1cc(Br)ccc1Br. The Morgan fingerprint density at radius 3 is 2.69 bits per heavy atom. The minimum atomic E-state index is -0.0214. The molecule has 0 radical (unpaired) electrons. The van der Waals surface area contributed by atoms with E-state index in [9.17, 15) is 0 Å². The lowest BCUT2D eigenvalue weighted by atomic mass is 10.1. The summed E-state index contributed by atoms with van der Waals surface area (Å²) in [5.74, 6) is 0. The molecule has 1 aromatic carbocycles. The second kappa shape index (κ2) is 5.10. The molecule has 0 aliphatic rings. The third kappa shape index (κ3) is 2.77. The topological polar surface area (TPSA) is 32.3 Å². The number of halogens is 2. The summed E-state index contributed by atoms with van der Waals surface area (Å²) < 4.78 is 2.02. The Kier molecular flexibility index (Phi) is 4.38. The first-order chi connectivity index (χ1) is 6.19. The van der Waals surface area contributed by atoms with E-state index in [1.165, 1.54) is 0 Å². The summed E-state index contributed by atoms with van der Waals surface area (Å²) in [6.07, 6.45) is 0. The van der Waals surface area contributed by atoms with Crippen molar-refractivity contribution in [1.82, 2.24) is 5.32 Å². The zero-order chi connectivity index (χ0) is 9.84. The van der Waals surface area contributed by atoms with Crippen LogP contribution in [0.15, 0.2) is 27.1 Å². The second-order valence-corrected chi connectivity index (χ2v) is 4.46. The number of likely N-dealkylation sites (N-methyl/N-ethyl adjacent to an activating group) is 1. The van der Waals surface area contributed by atoms with Crippen molar-refractivity contribution < 1.29 is 5.11 Å². The molecule has 0 saturated heterocycles. The third-order valence-electron chi connectivity index (χ3n) is 1.86. The van der Waals surface area contributed by atoms with E-state index >= 15 is 0 Å². The van der Waals surface area contributed by atoms with Gasteiger partial charge in [0.1, 0.15) is 0 Å². The van der Waals surface area contributed by atoms with Crippen molar-refractivity contribution in [1.29, 1.82) is 0 Å². The highest BCUT2D eigenvalue weighted by atomic mass is 79.9.